The van der Waals surface area contributed by atoms with Gasteiger partial charge < -0.3 is 15.2 Å². The van der Waals surface area contributed by atoms with Crippen LogP contribution in [0, 0.1) is 4.77 Å². The minimum atomic E-state index is 0.0283. The molecule has 0 radical (unpaired) electrons. The van der Waals surface area contributed by atoms with Gasteiger partial charge in [-0.25, -0.2) is 0 Å². The number of hydrogen-bond donors (Lipinski definition) is 3. The zero-order valence-electron chi connectivity index (χ0n) is 16.4. The third-order valence-electron chi connectivity index (χ3n) is 5.91. The van der Waals surface area contributed by atoms with E-state index in [-0.39, 0.29) is 17.4 Å². The van der Waals surface area contributed by atoms with Gasteiger partial charge in [0.25, 0.3) is 0 Å². The van der Waals surface area contributed by atoms with Crippen molar-refractivity contribution in [2.45, 2.75) is 32.6 Å². The van der Waals surface area contributed by atoms with Crippen molar-refractivity contribution in [2.75, 3.05) is 0 Å². The van der Waals surface area contributed by atoms with Gasteiger partial charge in [-0.2, -0.15) is 0 Å². The van der Waals surface area contributed by atoms with Gasteiger partial charge in [-0.15, -0.1) is 0 Å². The normalized spacial score (nSPS) is 12.9. The number of aromatic amines is 1. The molecule has 0 saturated carbocycles. The second-order valence-electron chi connectivity index (χ2n) is 7.98. The van der Waals surface area contributed by atoms with E-state index in [1.54, 1.807) is 0 Å². The van der Waals surface area contributed by atoms with E-state index in [1.807, 2.05) is 30.7 Å². The molecule has 29 heavy (non-hydrogen) atoms. The van der Waals surface area contributed by atoms with Gasteiger partial charge in [0, 0.05) is 23.2 Å². The summed E-state index contributed by atoms with van der Waals surface area (Å²) in [6.45, 7) is 4.03. The number of aromatic nitrogens is 2. The Bertz CT molecular complexity index is 1320. The van der Waals surface area contributed by atoms with E-state index in [0.29, 0.717) is 10.3 Å². The van der Waals surface area contributed by atoms with E-state index < -0.39 is 0 Å². The maximum atomic E-state index is 10.6. The molecule has 0 fully saturated rings. The minimum absolute atomic E-state index is 0.0283. The van der Waals surface area contributed by atoms with Crippen LogP contribution in [0.25, 0.3) is 27.7 Å². The van der Waals surface area contributed by atoms with Crippen molar-refractivity contribution in [3.8, 4) is 28.4 Å². The number of H-pyrrole nitrogens is 1. The molecule has 3 aromatic carbocycles. The van der Waals surface area contributed by atoms with Gasteiger partial charge in [-0.3, -0.25) is 4.57 Å². The number of aryl methyl sites for hydroxylation is 2. The molecule has 0 amide bonds. The number of imidazole rings is 1. The average Bonchev–Trinajstić information content (AvgIpc) is 3.27. The van der Waals surface area contributed by atoms with Crippen molar-refractivity contribution in [3.05, 3.63) is 70.1 Å². The predicted molar refractivity (Wildman–Crippen MR) is 119 cm³/mol. The number of aromatic hydroxyl groups is 2. The van der Waals surface area contributed by atoms with Crippen molar-refractivity contribution in [2.24, 2.45) is 0 Å². The molecular formula is C24H22N2O2S. The Hall–Kier alpha value is -3.05. The number of nitrogens with zero attached hydrogens (tertiary/aromatic N) is 1. The topological polar surface area (TPSA) is 61.2 Å². The summed E-state index contributed by atoms with van der Waals surface area (Å²) in [5.41, 5.74) is 5.94. The highest BCUT2D eigenvalue weighted by atomic mass is 32.1. The molecule has 4 aromatic rings. The first kappa shape index (κ1) is 18.0. The van der Waals surface area contributed by atoms with Crippen molar-refractivity contribution in [1.29, 1.82) is 0 Å². The first-order chi connectivity index (χ1) is 14.0. The molecule has 0 spiro atoms. The molecule has 146 valence electrons. The molecule has 1 heterocycles. The summed E-state index contributed by atoms with van der Waals surface area (Å²) in [6, 6.07) is 14.0. The molecule has 1 aliphatic carbocycles. The van der Waals surface area contributed by atoms with E-state index >= 15 is 0 Å². The molecule has 5 rings (SSSR count). The fourth-order valence-corrected chi connectivity index (χ4v) is 4.75. The van der Waals surface area contributed by atoms with Crippen LogP contribution in [0.2, 0.25) is 0 Å². The van der Waals surface area contributed by atoms with Gasteiger partial charge in [0.05, 0.1) is 11.4 Å². The zero-order valence-corrected chi connectivity index (χ0v) is 17.2. The Morgan fingerprint density at radius 2 is 1.76 bits per heavy atom. The summed E-state index contributed by atoms with van der Waals surface area (Å²) in [7, 11) is 0. The molecule has 0 bridgehead atoms. The van der Waals surface area contributed by atoms with Crippen LogP contribution in [-0.2, 0) is 12.8 Å². The van der Waals surface area contributed by atoms with Crippen LogP contribution in [0.1, 0.15) is 36.5 Å². The summed E-state index contributed by atoms with van der Waals surface area (Å²) < 4.78 is 2.55. The Morgan fingerprint density at radius 3 is 2.52 bits per heavy atom. The number of nitrogens with one attached hydrogen (secondary N) is 1. The molecule has 3 N–H and O–H groups in total. The molecule has 5 heteroatoms. The quantitative estimate of drug-likeness (QED) is 0.369. The highest BCUT2D eigenvalue weighted by Gasteiger charge is 2.21. The molecule has 4 nitrogen and oxygen atoms in total. The fourth-order valence-electron chi connectivity index (χ4n) is 4.49. The molecule has 1 aromatic heterocycles. The van der Waals surface area contributed by atoms with Crippen molar-refractivity contribution < 1.29 is 10.2 Å². The molecule has 0 atom stereocenters. The van der Waals surface area contributed by atoms with Crippen LogP contribution in [0.3, 0.4) is 0 Å². The first-order valence-corrected chi connectivity index (χ1v) is 10.3. The number of phenolic OH excluding ortho intramolecular Hbond substituents is 2. The number of rotatable bonds is 3. The van der Waals surface area contributed by atoms with Crippen molar-refractivity contribution in [1.82, 2.24) is 9.55 Å². The van der Waals surface area contributed by atoms with Crippen molar-refractivity contribution in [3.63, 3.8) is 0 Å². The van der Waals surface area contributed by atoms with Gasteiger partial charge in [-0.05, 0) is 65.2 Å². The van der Waals surface area contributed by atoms with E-state index in [9.17, 15) is 10.2 Å². The van der Waals surface area contributed by atoms with Crippen LogP contribution >= 0.6 is 12.2 Å². The number of hydrogen-bond acceptors (Lipinski definition) is 3. The second-order valence-corrected chi connectivity index (χ2v) is 8.37. The summed E-state index contributed by atoms with van der Waals surface area (Å²) in [5, 5.41) is 23.3. The van der Waals surface area contributed by atoms with E-state index in [1.165, 1.54) is 22.6 Å². The van der Waals surface area contributed by atoms with E-state index in [2.05, 4.69) is 35.3 Å². The van der Waals surface area contributed by atoms with Crippen LogP contribution in [0.15, 0.2) is 48.7 Å². The lowest BCUT2D eigenvalue weighted by atomic mass is 9.97. The van der Waals surface area contributed by atoms with Crippen LogP contribution in [0.5, 0.6) is 11.5 Å². The lowest BCUT2D eigenvalue weighted by Crippen LogP contribution is -2.00. The minimum Gasteiger partial charge on any atom is -0.508 e. The standard InChI is InChI=1S/C24H22N2O2S/c1-13(2)17-10-18(22(28)11-21(17)27)20-12-25-24(29)26(20)19-9-8-15-7-6-14-4-3-5-16(19)23(14)15/h3-5,8-13,27-28H,6-7H2,1-2H3,(H,25,29). The van der Waals surface area contributed by atoms with Crippen LogP contribution in [0.4, 0.5) is 0 Å². The summed E-state index contributed by atoms with van der Waals surface area (Å²) in [6.07, 6.45) is 3.96. The number of benzene rings is 3. The monoisotopic (exact) mass is 402 g/mol. The summed E-state index contributed by atoms with van der Waals surface area (Å²) >= 11 is 5.63. The van der Waals surface area contributed by atoms with Gasteiger partial charge in [-0.1, -0.05) is 38.1 Å². The molecular weight excluding hydrogens is 380 g/mol. The van der Waals surface area contributed by atoms with Gasteiger partial charge >= 0.3 is 0 Å². The van der Waals surface area contributed by atoms with Gasteiger partial charge in [0.15, 0.2) is 4.77 Å². The highest BCUT2D eigenvalue weighted by molar-refractivity contribution is 7.71. The molecule has 0 unspecified atom stereocenters. The summed E-state index contributed by atoms with van der Waals surface area (Å²) in [4.78, 5) is 3.14. The first-order valence-electron chi connectivity index (χ1n) is 9.86. The van der Waals surface area contributed by atoms with Crippen LogP contribution in [-0.4, -0.2) is 19.8 Å². The lowest BCUT2D eigenvalue weighted by molar-refractivity contribution is 0.445. The maximum Gasteiger partial charge on any atom is 0.182 e. The van der Waals surface area contributed by atoms with E-state index in [4.69, 9.17) is 12.2 Å². The fraction of sp³-hybridized carbons (Fsp3) is 0.208. The maximum absolute atomic E-state index is 10.6. The molecule has 1 aliphatic rings. The lowest BCUT2D eigenvalue weighted by Gasteiger charge is -2.16. The SMILES string of the molecule is CC(C)c1cc(-c2c[nH]c(=S)n2-c2ccc3c4c(cccc24)CC3)c(O)cc1O. The second kappa shape index (κ2) is 6.49. The average molecular weight is 403 g/mol. The zero-order chi connectivity index (χ0) is 20.3. The Labute approximate surface area is 174 Å². The molecule has 0 aliphatic heterocycles. The summed E-state index contributed by atoms with van der Waals surface area (Å²) in [5.74, 6) is 0.259. The van der Waals surface area contributed by atoms with Gasteiger partial charge in [0.2, 0.25) is 0 Å². The van der Waals surface area contributed by atoms with Crippen LogP contribution < -0.4 is 0 Å². The smallest absolute Gasteiger partial charge is 0.182 e. The van der Waals surface area contributed by atoms with Gasteiger partial charge in [0.1, 0.15) is 11.5 Å². The predicted octanol–water partition coefficient (Wildman–Crippen LogP) is 5.99. The Kier molecular flexibility index (Phi) is 4.03. The number of phenols is 2. The highest BCUT2D eigenvalue weighted by Crippen LogP contribution is 2.40. The third kappa shape index (κ3) is 2.69. The largest absolute Gasteiger partial charge is 0.508 e. The van der Waals surface area contributed by atoms with Crippen molar-refractivity contribution >= 4 is 23.0 Å². The van der Waals surface area contributed by atoms with E-state index in [0.717, 1.165) is 35.2 Å². The Balaban J connectivity index is 1.80. The third-order valence-corrected chi connectivity index (χ3v) is 6.21. The Morgan fingerprint density at radius 1 is 1.00 bits per heavy atom. The molecule has 0 saturated heterocycles.